The molecule has 0 spiro atoms. The maximum absolute atomic E-state index is 11.6. The number of carboxylic acid groups (broad SMARTS) is 1. The minimum Gasteiger partial charge on any atom is -0.479 e. The zero-order valence-electron chi connectivity index (χ0n) is 9.38. The number of aromatic amines is 2. The molecule has 0 aliphatic heterocycles. The van der Waals surface area contributed by atoms with E-state index in [1.165, 1.54) is 0 Å². The van der Waals surface area contributed by atoms with Gasteiger partial charge < -0.3 is 20.9 Å². The Bertz CT molecular complexity index is 764. The van der Waals surface area contributed by atoms with E-state index in [0.717, 1.165) is 0 Å². The van der Waals surface area contributed by atoms with Gasteiger partial charge >= 0.3 is 5.97 Å². The van der Waals surface area contributed by atoms with Crippen molar-refractivity contribution in [1.29, 1.82) is 0 Å². The average Bonchev–Trinajstić information content (AvgIpc) is 2.31. The van der Waals surface area contributed by atoms with Crippen molar-refractivity contribution < 1.29 is 15.0 Å². The van der Waals surface area contributed by atoms with Gasteiger partial charge in [-0.3, -0.25) is 14.6 Å². The molecule has 0 bridgehead atoms. The summed E-state index contributed by atoms with van der Waals surface area (Å²) in [6.07, 6.45) is -2.28. The van der Waals surface area contributed by atoms with E-state index in [-0.39, 0.29) is 22.8 Å². The number of aliphatic hydroxyl groups is 1. The Kier molecular flexibility index (Phi) is 3.00. The van der Waals surface area contributed by atoms with Gasteiger partial charge in [-0.15, -0.1) is 0 Å². The first-order chi connectivity index (χ1) is 8.88. The summed E-state index contributed by atoms with van der Waals surface area (Å²) < 4.78 is 0. The lowest BCUT2D eigenvalue weighted by molar-refractivity contribution is -0.146. The Morgan fingerprint density at radius 3 is 2.58 bits per heavy atom. The molecule has 0 radical (unpaired) electrons. The monoisotopic (exact) mass is 267 g/mol. The van der Waals surface area contributed by atoms with Gasteiger partial charge in [0.25, 0.3) is 11.1 Å². The molecule has 6 N–H and O–H groups in total. The molecule has 10 nitrogen and oxygen atoms in total. The van der Waals surface area contributed by atoms with Crippen molar-refractivity contribution in [3.63, 3.8) is 0 Å². The van der Waals surface area contributed by atoms with E-state index in [1.807, 2.05) is 0 Å². The molecule has 19 heavy (non-hydrogen) atoms. The van der Waals surface area contributed by atoms with E-state index in [9.17, 15) is 19.5 Å². The molecule has 2 heterocycles. The largest absolute Gasteiger partial charge is 0.479 e. The first-order valence-electron chi connectivity index (χ1n) is 5.08. The summed E-state index contributed by atoms with van der Waals surface area (Å²) in [5, 5.41) is 17.7. The average molecular weight is 267 g/mol. The normalized spacial score (nSPS) is 12.5. The van der Waals surface area contributed by atoms with Crippen molar-refractivity contribution >= 4 is 23.1 Å². The van der Waals surface area contributed by atoms with Crippen LogP contribution < -0.4 is 16.9 Å². The van der Waals surface area contributed by atoms with Crippen LogP contribution in [0, 0.1) is 0 Å². The van der Waals surface area contributed by atoms with Gasteiger partial charge in [-0.1, -0.05) is 0 Å². The van der Waals surface area contributed by atoms with E-state index in [0.29, 0.717) is 0 Å². The van der Waals surface area contributed by atoms with Crippen LogP contribution in [0.5, 0.6) is 0 Å². The maximum atomic E-state index is 11.6. The van der Waals surface area contributed by atoms with E-state index in [1.54, 1.807) is 0 Å². The number of aliphatic carboxylic acids is 1. The van der Waals surface area contributed by atoms with Gasteiger partial charge in [-0.2, -0.15) is 4.98 Å². The number of aromatic nitrogens is 4. The van der Waals surface area contributed by atoms with Crippen LogP contribution in [-0.4, -0.2) is 42.2 Å². The van der Waals surface area contributed by atoms with Gasteiger partial charge in [0.2, 0.25) is 5.95 Å². The molecule has 0 aromatic carbocycles. The SMILES string of the molecule is Nc1nc2nc(CC(O)C(=O)O)c(=O)[nH]c2c(=O)[nH]1. The predicted octanol–water partition coefficient (Wildman–Crippen LogP) is -2.42. The highest BCUT2D eigenvalue weighted by Gasteiger charge is 2.18. The van der Waals surface area contributed by atoms with Crippen LogP contribution in [-0.2, 0) is 11.2 Å². The third kappa shape index (κ3) is 2.42. The van der Waals surface area contributed by atoms with Gasteiger partial charge in [0.1, 0.15) is 5.69 Å². The van der Waals surface area contributed by atoms with Crippen LogP contribution in [0.3, 0.4) is 0 Å². The van der Waals surface area contributed by atoms with Crippen LogP contribution in [0.4, 0.5) is 5.95 Å². The number of carboxylic acids is 1. The molecule has 0 saturated heterocycles. The van der Waals surface area contributed by atoms with Gasteiger partial charge in [0.15, 0.2) is 17.3 Å². The first kappa shape index (κ1) is 12.7. The van der Waals surface area contributed by atoms with Crippen molar-refractivity contribution in [3.8, 4) is 0 Å². The molecule has 0 aliphatic rings. The van der Waals surface area contributed by atoms with Gasteiger partial charge in [-0.25, -0.2) is 9.78 Å². The quantitative estimate of drug-likeness (QED) is 0.408. The molecule has 1 unspecified atom stereocenters. The lowest BCUT2D eigenvalue weighted by Gasteiger charge is -2.04. The van der Waals surface area contributed by atoms with E-state index >= 15 is 0 Å². The molecule has 0 aliphatic carbocycles. The number of rotatable bonds is 3. The number of hydrogen-bond acceptors (Lipinski definition) is 7. The summed E-state index contributed by atoms with van der Waals surface area (Å²) >= 11 is 0. The zero-order chi connectivity index (χ0) is 14.2. The highest BCUT2D eigenvalue weighted by molar-refractivity contribution is 5.72. The topological polar surface area (TPSA) is 175 Å². The van der Waals surface area contributed by atoms with Crippen molar-refractivity contribution in [1.82, 2.24) is 19.9 Å². The fraction of sp³-hybridized carbons (Fsp3) is 0.222. The molecule has 2 aromatic rings. The summed E-state index contributed by atoms with van der Waals surface area (Å²) in [6.45, 7) is 0. The van der Waals surface area contributed by atoms with E-state index in [2.05, 4.69) is 19.9 Å². The van der Waals surface area contributed by atoms with Gasteiger partial charge in [0.05, 0.1) is 0 Å². The Morgan fingerprint density at radius 2 is 1.95 bits per heavy atom. The molecule has 2 aromatic heterocycles. The number of anilines is 1. The molecule has 100 valence electrons. The Morgan fingerprint density at radius 1 is 1.26 bits per heavy atom. The van der Waals surface area contributed by atoms with Crippen LogP contribution in [0.15, 0.2) is 9.59 Å². The molecule has 1 atom stereocenters. The maximum Gasteiger partial charge on any atom is 0.332 e. The minimum atomic E-state index is -1.77. The summed E-state index contributed by atoms with van der Waals surface area (Å²) in [5.41, 5.74) is 3.32. The predicted molar refractivity (Wildman–Crippen MR) is 62.5 cm³/mol. The van der Waals surface area contributed by atoms with Crippen LogP contribution in [0.1, 0.15) is 5.69 Å². The molecule has 2 rings (SSSR count). The second kappa shape index (κ2) is 4.49. The third-order valence-corrected chi connectivity index (χ3v) is 2.33. The second-order valence-electron chi connectivity index (χ2n) is 3.72. The minimum absolute atomic E-state index is 0.131. The van der Waals surface area contributed by atoms with Crippen LogP contribution in [0.2, 0.25) is 0 Å². The number of nitrogen functional groups attached to an aromatic ring is 1. The molecular formula is C9H9N5O5. The molecule has 0 amide bonds. The number of hydrogen-bond donors (Lipinski definition) is 5. The molecule has 0 fully saturated rings. The Labute approximate surface area is 103 Å². The molecule has 10 heteroatoms. The zero-order valence-corrected chi connectivity index (χ0v) is 9.38. The van der Waals surface area contributed by atoms with E-state index < -0.39 is 29.6 Å². The Hall–Kier alpha value is -2.75. The number of carbonyl (C=O) groups is 1. The number of nitrogens with two attached hydrogens (primary N) is 1. The smallest absolute Gasteiger partial charge is 0.332 e. The number of fused-ring (bicyclic) bond motifs is 1. The summed E-state index contributed by atoms with van der Waals surface area (Å²) in [5.74, 6) is -1.68. The van der Waals surface area contributed by atoms with Crippen molar-refractivity contribution in [3.05, 3.63) is 26.4 Å². The van der Waals surface area contributed by atoms with Crippen LogP contribution >= 0.6 is 0 Å². The molecular weight excluding hydrogens is 258 g/mol. The third-order valence-electron chi connectivity index (χ3n) is 2.33. The Balaban J connectivity index is 2.59. The fourth-order valence-corrected chi connectivity index (χ4v) is 1.44. The number of nitrogens with zero attached hydrogens (tertiary/aromatic N) is 2. The fourth-order valence-electron chi connectivity index (χ4n) is 1.44. The number of H-pyrrole nitrogens is 2. The van der Waals surface area contributed by atoms with Gasteiger partial charge in [0, 0.05) is 6.42 Å². The van der Waals surface area contributed by atoms with E-state index in [4.69, 9.17) is 10.8 Å². The second-order valence-corrected chi connectivity index (χ2v) is 3.72. The lowest BCUT2D eigenvalue weighted by atomic mass is 10.2. The highest BCUT2D eigenvalue weighted by Crippen LogP contribution is 2.02. The summed E-state index contributed by atoms with van der Waals surface area (Å²) in [7, 11) is 0. The standard InChI is InChI=1S/C9H9N5O5/c10-9-13-5-4(7(17)14-9)12-6(16)2(11-5)1-3(15)8(18)19/h3,15H,1H2,(H,12,16)(H,18,19)(H3,10,11,13,14,17). The first-order valence-corrected chi connectivity index (χ1v) is 5.08. The summed E-state index contributed by atoms with van der Waals surface area (Å²) in [6, 6.07) is 0. The van der Waals surface area contributed by atoms with Gasteiger partial charge in [-0.05, 0) is 0 Å². The molecule has 0 saturated carbocycles. The van der Waals surface area contributed by atoms with Crippen molar-refractivity contribution in [2.45, 2.75) is 12.5 Å². The highest BCUT2D eigenvalue weighted by atomic mass is 16.4. The van der Waals surface area contributed by atoms with Crippen molar-refractivity contribution in [2.75, 3.05) is 5.73 Å². The summed E-state index contributed by atoms with van der Waals surface area (Å²) in [4.78, 5) is 45.4. The lowest BCUT2D eigenvalue weighted by Crippen LogP contribution is -2.28. The van der Waals surface area contributed by atoms with Crippen molar-refractivity contribution in [2.24, 2.45) is 0 Å². The number of aliphatic hydroxyl groups excluding tert-OH is 1. The van der Waals surface area contributed by atoms with Crippen LogP contribution in [0.25, 0.3) is 11.2 Å². The number of nitrogens with one attached hydrogen (secondary N) is 2.